The molecule has 1 fully saturated rings. The van der Waals surface area contributed by atoms with E-state index >= 15 is 0 Å². The van der Waals surface area contributed by atoms with Gasteiger partial charge in [-0.15, -0.1) is 0 Å². The van der Waals surface area contributed by atoms with Crippen molar-refractivity contribution >= 4 is 0 Å². The van der Waals surface area contributed by atoms with Crippen molar-refractivity contribution in [2.75, 3.05) is 46.8 Å². The van der Waals surface area contributed by atoms with Crippen molar-refractivity contribution in [3.8, 4) is 17.2 Å². The van der Waals surface area contributed by atoms with E-state index in [1.165, 1.54) is 0 Å². The van der Waals surface area contributed by atoms with E-state index in [-0.39, 0.29) is 6.79 Å². The predicted octanol–water partition coefficient (Wildman–Crippen LogP) is 1.23. The summed E-state index contributed by atoms with van der Waals surface area (Å²) >= 11 is 0. The van der Waals surface area contributed by atoms with E-state index in [0.29, 0.717) is 19.3 Å². The van der Waals surface area contributed by atoms with Crippen LogP contribution in [0, 0.1) is 0 Å². The van der Waals surface area contributed by atoms with Gasteiger partial charge in [0.05, 0.1) is 6.61 Å². The number of methoxy groups -OCH3 is 1. The summed E-state index contributed by atoms with van der Waals surface area (Å²) in [6.07, 6.45) is 0. The molecule has 0 radical (unpaired) electrons. The lowest BCUT2D eigenvalue weighted by Gasteiger charge is -2.32. The second-order valence-electron chi connectivity index (χ2n) is 5.74. The SMILES string of the molecule is COCCOc1cc2c(cc1CN1CCN[C@H](C)C1)OCO2. The summed E-state index contributed by atoms with van der Waals surface area (Å²) in [6, 6.07) is 4.48. The van der Waals surface area contributed by atoms with E-state index in [9.17, 15) is 0 Å². The number of nitrogens with zero attached hydrogens (tertiary/aromatic N) is 1. The summed E-state index contributed by atoms with van der Waals surface area (Å²) in [5.74, 6) is 2.41. The maximum atomic E-state index is 5.87. The van der Waals surface area contributed by atoms with Gasteiger partial charge in [-0.1, -0.05) is 0 Å². The summed E-state index contributed by atoms with van der Waals surface area (Å²) in [4.78, 5) is 2.43. The predicted molar refractivity (Wildman–Crippen MR) is 82.7 cm³/mol. The van der Waals surface area contributed by atoms with Gasteiger partial charge in [-0.3, -0.25) is 4.90 Å². The molecule has 0 amide bonds. The molecule has 0 spiro atoms. The van der Waals surface area contributed by atoms with Gasteiger partial charge in [0.1, 0.15) is 12.4 Å². The van der Waals surface area contributed by atoms with Gasteiger partial charge in [-0.25, -0.2) is 0 Å². The smallest absolute Gasteiger partial charge is 0.231 e. The van der Waals surface area contributed by atoms with Crippen LogP contribution in [0.25, 0.3) is 0 Å². The molecule has 1 aromatic rings. The molecule has 0 aromatic heterocycles. The molecule has 0 aliphatic carbocycles. The van der Waals surface area contributed by atoms with E-state index < -0.39 is 0 Å². The summed E-state index contributed by atoms with van der Waals surface area (Å²) in [6.45, 7) is 7.53. The molecule has 2 heterocycles. The molecule has 1 saturated heterocycles. The van der Waals surface area contributed by atoms with Crippen LogP contribution in [-0.4, -0.2) is 57.7 Å². The molecule has 1 aromatic carbocycles. The minimum atomic E-state index is 0.279. The minimum absolute atomic E-state index is 0.279. The molecule has 0 saturated carbocycles. The van der Waals surface area contributed by atoms with Crippen LogP contribution in [0.5, 0.6) is 17.2 Å². The van der Waals surface area contributed by atoms with Crippen molar-refractivity contribution < 1.29 is 18.9 Å². The Morgan fingerprint density at radius 1 is 1.27 bits per heavy atom. The summed E-state index contributed by atoms with van der Waals surface area (Å²) in [5.41, 5.74) is 1.13. The van der Waals surface area contributed by atoms with Gasteiger partial charge in [0.25, 0.3) is 0 Å². The molecule has 3 rings (SSSR count). The Hall–Kier alpha value is -1.50. The van der Waals surface area contributed by atoms with Crippen LogP contribution in [0.3, 0.4) is 0 Å². The van der Waals surface area contributed by atoms with E-state index in [0.717, 1.165) is 49.0 Å². The fourth-order valence-corrected chi connectivity index (χ4v) is 2.86. The van der Waals surface area contributed by atoms with Gasteiger partial charge in [0.15, 0.2) is 11.5 Å². The van der Waals surface area contributed by atoms with Crippen molar-refractivity contribution in [1.29, 1.82) is 0 Å². The third-order valence-corrected chi connectivity index (χ3v) is 3.95. The average molecular weight is 308 g/mol. The first-order chi connectivity index (χ1) is 10.8. The van der Waals surface area contributed by atoms with E-state index in [1.807, 2.05) is 12.1 Å². The molecular formula is C16H24N2O4. The lowest BCUT2D eigenvalue weighted by Crippen LogP contribution is -2.48. The highest BCUT2D eigenvalue weighted by Gasteiger charge is 2.21. The highest BCUT2D eigenvalue weighted by Crippen LogP contribution is 2.38. The molecule has 6 heteroatoms. The van der Waals surface area contributed by atoms with Crippen molar-refractivity contribution in [2.45, 2.75) is 19.5 Å². The maximum Gasteiger partial charge on any atom is 0.231 e. The number of hydrogen-bond acceptors (Lipinski definition) is 6. The molecule has 0 unspecified atom stereocenters. The van der Waals surface area contributed by atoms with Crippen LogP contribution in [0.15, 0.2) is 12.1 Å². The molecule has 122 valence electrons. The van der Waals surface area contributed by atoms with Gasteiger partial charge in [0.2, 0.25) is 6.79 Å². The van der Waals surface area contributed by atoms with Gasteiger partial charge in [0, 0.05) is 51.0 Å². The van der Waals surface area contributed by atoms with E-state index in [2.05, 4.69) is 17.1 Å². The van der Waals surface area contributed by atoms with Crippen molar-refractivity contribution in [2.24, 2.45) is 0 Å². The Kier molecular flexibility index (Phi) is 5.02. The van der Waals surface area contributed by atoms with Crippen molar-refractivity contribution in [1.82, 2.24) is 10.2 Å². The van der Waals surface area contributed by atoms with Gasteiger partial charge in [-0.2, -0.15) is 0 Å². The van der Waals surface area contributed by atoms with Crippen LogP contribution in [-0.2, 0) is 11.3 Å². The summed E-state index contributed by atoms with van der Waals surface area (Å²) < 4.78 is 21.9. The number of piperazine rings is 1. The molecule has 22 heavy (non-hydrogen) atoms. The molecule has 2 aliphatic rings. The number of ether oxygens (including phenoxy) is 4. The summed E-state index contributed by atoms with van der Waals surface area (Å²) in [5, 5.41) is 3.46. The van der Waals surface area contributed by atoms with E-state index in [4.69, 9.17) is 18.9 Å². The monoisotopic (exact) mass is 308 g/mol. The first-order valence-corrected chi connectivity index (χ1v) is 7.76. The zero-order valence-corrected chi connectivity index (χ0v) is 13.3. The molecule has 1 atom stereocenters. The van der Waals surface area contributed by atoms with Crippen LogP contribution < -0.4 is 19.5 Å². The molecule has 2 aliphatic heterocycles. The normalized spacial score (nSPS) is 21.1. The Morgan fingerprint density at radius 2 is 2.09 bits per heavy atom. The summed E-state index contributed by atoms with van der Waals surface area (Å²) in [7, 11) is 1.67. The van der Waals surface area contributed by atoms with Gasteiger partial charge >= 0.3 is 0 Å². The number of rotatable bonds is 6. The maximum absolute atomic E-state index is 5.87. The Morgan fingerprint density at radius 3 is 2.86 bits per heavy atom. The van der Waals surface area contributed by atoms with E-state index in [1.54, 1.807) is 7.11 Å². The van der Waals surface area contributed by atoms with Crippen molar-refractivity contribution in [3.63, 3.8) is 0 Å². The van der Waals surface area contributed by atoms with Gasteiger partial charge in [-0.05, 0) is 13.0 Å². The third-order valence-electron chi connectivity index (χ3n) is 3.95. The fraction of sp³-hybridized carbons (Fsp3) is 0.625. The zero-order valence-electron chi connectivity index (χ0n) is 13.3. The topological polar surface area (TPSA) is 52.2 Å². The zero-order chi connectivity index (χ0) is 15.4. The largest absolute Gasteiger partial charge is 0.491 e. The van der Waals surface area contributed by atoms with Crippen LogP contribution in [0.2, 0.25) is 0 Å². The average Bonchev–Trinajstić information content (AvgIpc) is 2.95. The first-order valence-electron chi connectivity index (χ1n) is 7.76. The lowest BCUT2D eigenvalue weighted by molar-refractivity contribution is 0.143. The van der Waals surface area contributed by atoms with Crippen LogP contribution in [0.4, 0.5) is 0 Å². The Labute approximate surface area is 131 Å². The number of nitrogens with one attached hydrogen (secondary N) is 1. The fourth-order valence-electron chi connectivity index (χ4n) is 2.86. The minimum Gasteiger partial charge on any atom is -0.491 e. The van der Waals surface area contributed by atoms with Crippen LogP contribution >= 0.6 is 0 Å². The quantitative estimate of drug-likeness (QED) is 0.798. The molecule has 6 nitrogen and oxygen atoms in total. The molecule has 1 N–H and O–H groups in total. The number of hydrogen-bond donors (Lipinski definition) is 1. The highest BCUT2D eigenvalue weighted by molar-refractivity contribution is 5.51. The first kappa shape index (κ1) is 15.4. The van der Waals surface area contributed by atoms with Crippen molar-refractivity contribution in [3.05, 3.63) is 17.7 Å². The second-order valence-corrected chi connectivity index (χ2v) is 5.74. The Balaban J connectivity index is 1.75. The second kappa shape index (κ2) is 7.17. The lowest BCUT2D eigenvalue weighted by atomic mass is 10.1. The van der Waals surface area contributed by atoms with Crippen LogP contribution in [0.1, 0.15) is 12.5 Å². The van der Waals surface area contributed by atoms with Gasteiger partial charge < -0.3 is 24.3 Å². The number of fused-ring (bicyclic) bond motifs is 1. The Bertz CT molecular complexity index is 509. The highest BCUT2D eigenvalue weighted by atomic mass is 16.7. The standard InChI is InChI=1S/C16H24N2O4/c1-12-9-18(4-3-17-12)10-13-7-15-16(22-11-21-15)8-14(13)20-6-5-19-2/h7-8,12,17H,3-6,9-11H2,1-2H3/t12-/m1/s1. The number of benzene rings is 1. The third kappa shape index (κ3) is 3.63. The molecular weight excluding hydrogens is 284 g/mol. The molecule has 0 bridgehead atoms.